The van der Waals surface area contributed by atoms with Gasteiger partial charge in [-0.15, -0.1) is 0 Å². The summed E-state index contributed by atoms with van der Waals surface area (Å²) in [5, 5.41) is 17.0. The zero-order valence-electron chi connectivity index (χ0n) is 11.1. The lowest BCUT2D eigenvalue weighted by Crippen LogP contribution is -2.04. The fourth-order valence-corrected chi connectivity index (χ4v) is 1.95. The molecule has 0 aliphatic heterocycles. The van der Waals surface area contributed by atoms with Crippen LogP contribution in [0.4, 0.5) is 21.5 Å². The minimum atomic E-state index is -0.866. The molecule has 0 bridgehead atoms. The summed E-state index contributed by atoms with van der Waals surface area (Å²) in [6.45, 7) is 0.364. The van der Waals surface area contributed by atoms with E-state index in [0.717, 1.165) is 23.4 Å². The van der Waals surface area contributed by atoms with Crippen LogP contribution in [0.3, 0.4) is 0 Å². The van der Waals surface area contributed by atoms with E-state index in [0.29, 0.717) is 17.4 Å². The molecule has 0 spiro atoms. The van der Waals surface area contributed by atoms with E-state index in [9.17, 15) is 14.5 Å². The molecule has 0 amide bonds. The smallest absolute Gasteiger partial charge is 0.306 e. The second-order valence-electron chi connectivity index (χ2n) is 4.19. The summed E-state index contributed by atoms with van der Waals surface area (Å²) >= 11 is 5.80. The van der Waals surface area contributed by atoms with Crippen LogP contribution in [0.15, 0.2) is 30.5 Å². The SMILES string of the molecule is CNc1cc(Cl)ncc1CNc1ccc(F)c([N+](=O)[O-])c1. The zero-order chi connectivity index (χ0) is 15.4. The van der Waals surface area contributed by atoms with Crippen LogP contribution in [0.2, 0.25) is 5.15 Å². The third-order valence-corrected chi connectivity index (χ3v) is 3.05. The number of halogens is 2. The fourth-order valence-electron chi connectivity index (χ4n) is 1.79. The number of pyridine rings is 1. The predicted molar refractivity (Wildman–Crippen MR) is 79.2 cm³/mol. The average Bonchev–Trinajstić information content (AvgIpc) is 2.46. The second kappa shape index (κ2) is 6.36. The van der Waals surface area contributed by atoms with E-state index >= 15 is 0 Å². The van der Waals surface area contributed by atoms with Crippen molar-refractivity contribution in [2.45, 2.75) is 6.54 Å². The van der Waals surface area contributed by atoms with Gasteiger partial charge in [-0.25, -0.2) is 4.98 Å². The quantitative estimate of drug-likeness (QED) is 0.502. The maximum absolute atomic E-state index is 13.2. The van der Waals surface area contributed by atoms with Crippen LogP contribution in [0.5, 0.6) is 0 Å². The monoisotopic (exact) mass is 310 g/mol. The van der Waals surface area contributed by atoms with Crippen molar-refractivity contribution in [3.63, 3.8) is 0 Å². The van der Waals surface area contributed by atoms with Crippen molar-refractivity contribution < 1.29 is 9.31 Å². The minimum Gasteiger partial charge on any atom is -0.388 e. The molecular weight excluding hydrogens is 299 g/mol. The summed E-state index contributed by atoms with van der Waals surface area (Å²) in [5.41, 5.74) is 1.50. The molecule has 2 rings (SSSR count). The number of rotatable bonds is 5. The van der Waals surface area contributed by atoms with Crippen molar-refractivity contribution in [1.29, 1.82) is 0 Å². The largest absolute Gasteiger partial charge is 0.388 e. The van der Waals surface area contributed by atoms with Gasteiger partial charge in [-0.2, -0.15) is 4.39 Å². The molecule has 0 aliphatic rings. The van der Waals surface area contributed by atoms with Gasteiger partial charge in [-0.3, -0.25) is 10.1 Å². The topological polar surface area (TPSA) is 80.1 Å². The first kappa shape index (κ1) is 15.0. The highest BCUT2D eigenvalue weighted by Gasteiger charge is 2.14. The van der Waals surface area contributed by atoms with Crippen LogP contribution in [0.25, 0.3) is 0 Å². The highest BCUT2D eigenvalue weighted by Crippen LogP contribution is 2.23. The Morgan fingerprint density at radius 1 is 1.43 bits per heavy atom. The van der Waals surface area contributed by atoms with Crippen LogP contribution in [0, 0.1) is 15.9 Å². The van der Waals surface area contributed by atoms with Gasteiger partial charge in [0, 0.05) is 42.8 Å². The van der Waals surface area contributed by atoms with Gasteiger partial charge in [0.05, 0.1) is 4.92 Å². The highest BCUT2D eigenvalue weighted by atomic mass is 35.5. The van der Waals surface area contributed by atoms with Crippen molar-refractivity contribution in [2.75, 3.05) is 17.7 Å². The molecule has 0 saturated carbocycles. The molecule has 0 aliphatic carbocycles. The molecule has 110 valence electrons. The Balaban J connectivity index is 2.17. The summed E-state index contributed by atoms with van der Waals surface area (Å²) in [4.78, 5) is 13.9. The molecule has 1 heterocycles. The molecule has 6 nitrogen and oxygen atoms in total. The molecule has 8 heteroatoms. The zero-order valence-corrected chi connectivity index (χ0v) is 11.8. The molecular formula is C13H12ClFN4O2. The summed E-state index contributed by atoms with van der Waals surface area (Å²) in [7, 11) is 1.75. The molecule has 2 aromatic rings. The number of nitro benzene ring substituents is 1. The van der Waals surface area contributed by atoms with E-state index in [1.165, 1.54) is 6.07 Å². The normalized spacial score (nSPS) is 10.2. The molecule has 0 unspecified atom stereocenters. The van der Waals surface area contributed by atoms with Gasteiger partial charge >= 0.3 is 5.69 Å². The number of hydrogen-bond acceptors (Lipinski definition) is 5. The summed E-state index contributed by atoms with van der Waals surface area (Å²) in [6.07, 6.45) is 1.60. The Morgan fingerprint density at radius 3 is 2.86 bits per heavy atom. The van der Waals surface area contributed by atoms with E-state index in [2.05, 4.69) is 15.6 Å². The molecule has 0 atom stereocenters. The van der Waals surface area contributed by atoms with Gasteiger partial charge in [0.25, 0.3) is 0 Å². The van der Waals surface area contributed by atoms with Crippen LogP contribution in [-0.2, 0) is 6.54 Å². The van der Waals surface area contributed by atoms with Gasteiger partial charge in [0.2, 0.25) is 5.82 Å². The molecule has 0 radical (unpaired) electrons. The molecule has 0 saturated heterocycles. The van der Waals surface area contributed by atoms with Crippen molar-refractivity contribution in [3.8, 4) is 0 Å². The molecule has 1 aromatic carbocycles. The first-order valence-electron chi connectivity index (χ1n) is 6.01. The van der Waals surface area contributed by atoms with Gasteiger partial charge in [0.1, 0.15) is 5.15 Å². The van der Waals surface area contributed by atoms with Crippen molar-refractivity contribution in [1.82, 2.24) is 4.98 Å². The summed E-state index contributed by atoms with van der Waals surface area (Å²) in [5.74, 6) is -0.866. The van der Waals surface area contributed by atoms with E-state index in [1.807, 2.05) is 0 Å². The second-order valence-corrected chi connectivity index (χ2v) is 4.58. The van der Waals surface area contributed by atoms with Gasteiger partial charge in [-0.05, 0) is 18.2 Å². The average molecular weight is 311 g/mol. The Labute approximate surface area is 125 Å². The Hall–Kier alpha value is -2.41. The molecule has 0 fully saturated rings. The standard InChI is InChI=1S/C13H12ClFN4O2/c1-16-11-5-13(14)18-7-8(11)6-17-9-2-3-10(15)12(4-9)19(20)21/h2-5,7,17H,6H2,1H3,(H,16,18). The first-order chi connectivity index (χ1) is 10.0. The number of nitrogens with zero attached hydrogens (tertiary/aromatic N) is 2. The number of nitrogens with one attached hydrogen (secondary N) is 2. The van der Waals surface area contributed by atoms with Crippen LogP contribution in [-0.4, -0.2) is 17.0 Å². The van der Waals surface area contributed by atoms with E-state index in [-0.39, 0.29) is 0 Å². The van der Waals surface area contributed by atoms with Crippen molar-refractivity contribution in [2.24, 2.45) is 0 Å². The first-order valence-corrected chi connectivity index (χ1v) is 6.39. The maximum Gasteiger partial charge on any atom is 0.306 e. The van der Waals surface area contributed by atoms with Crippen LogP contribution in [0.1, 0.15) is 5.56 Å². The highest BCUT2D eigenvalue weighted by molar-refractivity contribution is 6.29. The maximum atomic E-state index is 13.2. The molecule has 21 heavy (non-hydrogen) atoms. The van der Waals surface area contributed by atoms with E-state index in [1.54, 1.807) is 19.3 Å². The van der Waals surface area contributed by atoms with E-state index < -0.39 is 16.4 Å². The number of anilines is 2. The van der Waals surface area contributed by atoms with Crippen molar-refractivity contribution in [3.05, 3.63) is 57.1 Å². The number of benzene rings is 1. The van der Waals surface area contributed by atoms with Gasteiger partial charge < -0.3 is 10.6 Å². The lowest BCUT2D eigenvalue weighted by Gasteiger charge is -2.11. The number of aromatic nitrogens is 1. The van der Waals surface area contributed by atoms with Gasteiger partial charge in [0.15, 0.2) is 0 Å². The number of hydrogen-bond donors (Lipinski definition) is 2. The summed E-state index contributed by atoms with van der Waals surface area (Å²) < 4.78 is 13.2. The predicted octanol–water partition coefficient (Wildman–Crippen LogP) is 3.44. The lowest BCUT2D eigenvalue weighted by atomic mass is 10.2. The third-order valence-electron chi connectivity index (χ3n) is 2.85. The van der Waals surface area contributed by atoms with E-state index in [4.69, 9.17) is 11.6 Å². The minimum absolute atomic E-state index is 0.362. The number of nitro groups is 1. The lowest BCUT2D eigenvalue weighted by molar-refractivity contribution is -0.387. The third kappa shape index (κ3) is 3.57. The Kier molecular flexibility index (Phi) is 4.54. The van der Waals surface area contributed by atoms with Crippen LogP contribution < -0.4 is 10.6 Å². The van der Waals surface area contributed by atoms with Crippen molar-refractivity contribution >= 4 is 28.7 Å². The fraction of sp³-hybridized carbons (Fsp3) is 0.154. The molecule has 1 aromatic heterocycles. The van der Waals surface area contributed by atoms with Crippen LogP contribution >= 0.6 is 11.6 Å². The molecule has 2 N–H and O–H groups in total. The Bertz CT molecular complexity index is 681. The van der Waals surface area contributed by atoms with Gasteiger partial charge in [-0.1, -0.05) is 11.6 Å². The Morgan fingerprint density at radius 2 is 2.19 bits per heavy atom. The summed E-state index contributed by atoms with van der Waals surface area (Å²) in [6, 6.07) is 5.31.